The largest absolute Gasteiger partial charge is 0.273 e. The summed E-state index contributed by atoms with van der Waals surface area (Å²) in [5.74, 6) is -1.47. The highest BCUT2D eigenvalue weighted by Gasteiger charge is 2.16. The number of benzene rings is 2. The minimum absolute atomic E-state index is 0.0292. The van der Waals surface area contributed by atoms with Crippen LogP contribution in [0.5, 0.6) is 0 Å². The highest BCUT2D eigenvalue weighted by molar-refractivity contribution is 7.89. The van der Waals surface area contributed by atoms with Crippen molar-refractivity contribution < 1.29 is 22.4 Å². The molecule has 2 rings (SSSR count). The number of carbonyl (C=O) groups excluding carboxylic acids is 2. The lowest BCUT2D eigenvalue weighted by atomic mass is 10.1. The normalized spacial score (nSPS) is 11.3. The van der Waals surface area contributed by atoms with Crippen molar-refractivity contribution >= 4 is 21.8 Å². The number of halogens is 1. The first-order valence-electron chi connectivity index (χ1n) is 8.13. The van der Waals surface area contributed by atoms with Crippen molar-refractivity contribution in [1.29, 1.82) is 0 Å². The topological polar surface area (TPSA) is 104 Å². The average molecular weight is 393 g/mol. The highest BCUT2D eigenvalue weighted by Crippen LogP contribution is 2.11. The third-order valence-electron chi connectivity index (χ3n) is 3.41. The van der Waals surface area contributed by atoms with Crippen molar-refractivity contribution in [1.82, 2.24) is 15.6 Å². The van der Waals surface area contributed by atoms with Crippen LogP contribution in [0.2, 0.25) is 0 Å². The predicted octanol–water partition coefficient (Wildman–Crippen LogP) is 1.52. The van der Waals surface area contributed by atoms with Crippen LogP contribution >= 0.6 is 0 Å². The maximum Gasteiger partial charge on any atom is 0.269 e. The molecule has 0 aliphatic heterocycles. The number of hydrogen-bond donors (Lipinski definition) is 3. The van der Waals surface area contributed by atoms with E-state index in [-0.39, 0.29) is 22.9 Å². The lowest BCUT2D eigenvalue weighted by Gasteiger charge is -2.10. The first kappa shape index (κ1) is 20.5. The van der Waals surface area contributed by atoms with E-state index in [1.54, 1.807) is 13.8 Å². The second kappa shape index (κ2) is 8.74. The number of hydrogen-bond acceptors (Lipinski definition) is 4. The van der Waals surface area contributed by atoms with Gasteiger partial charge in [-0.2, -0.15) is 0 Å². The Labute approximate surface area is 157 Å². The standard InChI is InChI=1S/C18H20FN3O4S/c1-12(2)22-27(25,26)16-9-5-14(6-10-16)18(24)21-20-17(23)11-13-3-7-15(19)8-4-13/h3-10,12,22H,11H2,1-2H3,(H,20,23)(H,21,24). The van der Waals surface area contributed by atoms with Crippen molar-refractivity contribution in [3.63, 3.8) is 0 Å². The molecular formula is C18H20FN3O4S. The van der Waals surface area contributed by atoms with Gasteiger partial charge in [-0.3, -0.25) is 20.4 Å². The molecule has 0 heterocycles. The van der Waals surface area contributed by atoms with Crippen LogP contribution in [0, 0.1) is 5.82 Å². The van der Waals surface area contributed by atoms with E-state index in [0.717, 1.165) is 0 Å². The molecule has 7 nitrogen and oxygen atoms in total. The SMILES string of the molecule is CC(C)NS(=O)(=O)c1ccc(C(=O)NNC(=O)Cc2ccc(F)cc2)cc1. The molecule has 2 aromatic carbocycles. The van der Waals surface area contributed by atoms with E-state index in [0.29, 0.717) is 5.56 Å². The van der Waals surface area contributed by atoms with Crippen LogP contribution in [0.1, 0.15) is 29.8 Å². The molecule has 2 aromatic rings. The van der Waals surface area contributed by atoms with Crippen LogP contribution in [0.15, 0.2) is 53.4 Å². The van der Waals surface area contributed by atoms with Crippen molar-refractivity contribution in [2.75, 3.05) is 0 Å². The maximum atomic E-state index is 12.8. The van der Waals surface area contributed by atoms with Crippen molar-refractivity contribution in [3.05, 3.63) is 65.5 Å². The summed E-state index contributed by atoms with van der Waals surface area (Å²) in [6.07, 6.45) is -0.0292. The zero-order valence-electron chi connectivity index (χ0n) is 14.8. The second-order valence-corrected chi connectivity index (χ2v) is 7.82. The third kappa shape index (κ3) is 6.15. The highest BCUT2D eigenvalue weighted by atomic mass is 32.2. The number of rotatable bonds is 6. The summed E-state index contributed by atoms with van der Waals surface area (Å²) in [7, 11) is -3.64. The van der Waals surface area contributed by atoms with Crippen LogP contribution in [0.3, 0.4) is 0 Å². The van der Waals surface area contributed by atoms with Gasteiger partial charge < -0.3 is 0 Å². The Hall–Kier alpha value is -2.78. The van der Waals surface area contributed by atoms with Gasteiger partial charge in [-0.05, 0) is 55.8 Å². The molecule has 0 radical (unpaired) electrons. The van der Waals surface area contributed by atoms with E-state index >= 15 is 0 Å². The summed E-state index contributed by atoms with van der Waals surface area (Å²) in [6, 6.07) is 10.5. The van der Waals surface area contributed by atoms with Gasteiger partial charge in [0.2, 0.25) is 15.9 Å². The van der Waals surface area contributed by atoms with Crippen molar-refractivity contribution in [2.24, 2.45) is 0 Å². The molecule has 0 saturated carbocycles. The molecule has 0 unspecified atom stereocenters. The van der Waals surface area contributed by atoms with Crippen LogP contribution < -0.4 is 15.6 Å². The molecule has 9 heteroatoms. The Morgan fingerprint density at radius 2 is 1.56 bits per heavy atom. The van der Waals surface area contributed by atoms with Gasteiger partial charge in [-0.1, -0.05) is 12.1 Å². The molecule has 144 valence electrons. The average Bonchev–Trinajstić information content (AvgIpc) is 2.61. The molecule has 3 N–H and O–H groups in total. The van der Waals surface area contributed by atoms with Gasteiger partial charge in [-0.15, -0.1) is 0 Å². The Morgan fingerprint density at radius 1 is 0.963 bits per heavy atom. The molecule has 0 aliphatic carbocycles. The van der Waals surface area contributed by atoms with E-state index in [4.69, 9.17) is 0 Å². The van der Waals surface area contributed by atoms with E-state index in [1.165, 1.54) is 48.5 Å². The Morgan fingerprint density at radius 3 is 2.11 bits per heavy atom. The molecule has 2 amide bonds. The van der Waals surface area contributed by atoms with Gasteiger partial charge in [-0.25, -0.2) is 17.5 Å². The summed E-state index contributed by atoms with van der Waals surface area (Å²) in [4.78, 5) is 23.9. The van der Waals surface area contributed by atoms with Gasteiger partial charge in [0.25, 0.3) is 5.91 Å². The second-order valence-electron chi connectivity index (χ2n) is 6.11. The molecule has 0 atom stereocenters. The van der Waals surface area contributed by atoms with Crippen LogP contribution in [-0.2, 0) is 21.2 Å². The molecule has 0 spiro atoms. The number of amides is 2. The minimum Gasteiger partial charge on any atom is -0.273 e. The van der Waals surface area contributed by atoms with Gasteiger partial charge in [0.1, 0.15) is 5.82 Å². The van der Waals surface area contributed by atoms with Gasteiger partial charge in [0.15, 0.2) is 0 Å². The predicted molar refractivity (Wildman–Crippen MR) is 97.6 cm³/mol. The Kier molecular flexibility index (Phi) is 6.65. The first-order valence-corrected chi connectivity index (χ1v) is 9.62. The third-order valence-corrected chi connectivity index (χ3v) is 5.09. The van der Waals surface area contributed by atoms with E-state index in [1.807, 2.05) is 0 Å². The van der Waals surface area contributed by atoms with Crippen LogP contribution in [0.25, 0.3) is 0 Å². The molecule has 0 fully saturated rings. The van der Waals surface area contributed by atoms with Crippen LogP contribution in [0.4, 0.5) is 4.39 Å². The summed E-state index contributed by atoms with van der Waals surface area (Å²) < 4.78 is 39.4. The number of hydrazine groups is 1. The van der Waals surface area contributed by atoms with Crippen molar-refractivity contribution in [2.45, 2.75) is 31.2 Å². The van der Waals surface area contributed by atoms with E-state index in [2.05, 4.69) is 15.6 Å². The monoisotopic (exact) mass is 393 g/mol. The Balaban J connectivity index is 1.92. The smallest absolute Gasteiger partial charge is 0.269 e. The summed E-state index contributed by atoms with van der Waals surface area (Å²) >= 11 is 0. The van der Waals surface area contributed by atoms with Gasteiger partial charge >= 0.3 is 0 Å². The van der Waals surface area contributed by atoms with Crippen LogP contribution in [-0.4, -0.2) is 26.3 Å². The minimum atomic E-state index is -3.64. The summed E-state index contributed by atoms with van der Waals surface area (Å²) in [6.45, 7) is 3.40. The van der Waals surface area contributed by atoms with Gasteiger partial charge in [0, 0.05) is 11.6 Å². The molecule has 0 saturated heterocycles. The fourth-order valence-corrected chi connectivity index (χ4v) is 3.45. The first-order chi connectivity index (χ1) is 12.7. The lowest BCUT2D eigenvalue weighted by Crippen LogP contribution is -2.42. The zero-order valence-corrected chi connectivity index (χ0v) is 15.6. The van der Waals surface area contributed by atoms with E-state index in [9.17, 15) is 22.4 Å². The quantitative estimate of drug-likeness (QED) is 0.647. The maximum absolute atomic E-state index is 12.8. The number of nitrogens with one attached hydrogen (secondary N) is 3. The molecule has 0 aromatic heterocycles. The molecule has 27 heavy (non-hydrogen) atoms. The molecular weight excluding hydrogens is 373 g/mol. The van der Waals surface area contributed by atoms with E-state index < -0.39 is 27.7 Å². The summed E-state index contributed by atoms with van der Waals surface area (Å²) in [5, 5.41) is 0. The lowest BCUT2D eigenvalue weighted by molar-refractivity contribution is -0.121. The molecule has 0 bridgehead atoms. The fraction of sp³-hybridized carbons (Fsp3) is 0.222. The summed E-state index contributed by atoms with van der Waals surface area (Å²) in [5.41, 5.74) is 5.27. The Bertz CT molecular complexity index is 911. The number of sulfonamides is 1. The number of carbonyl (C=O) groups is 2. The van der Waals surface area contributed by atoms with Gasteiger partial charge in [0.05, 0.1) is 11.3 Å². The molecule has 0 aliphatic rings. The van der Waals surface area contributed by atoms with Crippen molar-refractivity contribution in [3.8, 4) is 0 Å². The zero-order chi connectivity index (χ0) is 20.0. The fourth-order valence-electron chi connectivity index (χ4n) is 2.19.